The van der Waals surface area contributed by atoms with Crippen molar-refractivity contribution in [3.63, 3.8) is 0 Å². The van der Waals surface area contributed by atoms with Crippen LogP contribution in [0, 0.1) is 0 Å². The largest absolute Gasteiger partial charge is 0.497 e. The molecule has 0 saturated heterocycles. The molecule has 2 unspecified atom stereocenters. The van der Waals surface area contributed by atoms with Crippen LogP contribution in [-0.2, 0) is 6.54 Å². The maximum absolute atomic E-state index is 5.41. The molecule has 19 heavy (non-hydrogen) atoms. The van der Waals surface area contributed by atoms with Crippen molar-refractivity contribution in [1.82, 2.24) is 5.32 Å². The molecule has 1 aliphatic rings. The van der Waals surface area contributed by atoms with E-state index in [0.717, 1.165) is 28.9 Å². The van der Waals surface area contributed by atoms with Gasteiger partial charge in [0.15, 0.2) is 0 Å². The van der Waals surface area contributed by atoms with E-state index in [9.17, 15) is 0 Å². The monoisotopic (exact) mass is 281 g/mol. The molecule has 1 aromatic carbocycles. The molecule has 4 heteroatoms. The first kappa shape index (κ1) is 14.5. The number of hydrogen-bond acceptors (Lipinski definition) is 4. The van der Waals surface area contributed by atoms with Gasteiger partial charge in [0, 0.05) is 23.4 Å². The van der Waals surface area contributed by atoms with Crippen LogP contribution in [0.2, 0.25) is 0 Å². The van der Waals surface area contributed by atoms with E-state index in [0.29, 0.717) is 6.04 Å². The smallest absolute Gasteiger partial charge is 0.123 e. The first-order chi connectivity index (χ1) is 9.28. The van der Waals surface area contributed by atoms with Gasteiger partial charge >= 0.3 is 0 Å². The van der Waals surface area contributed by atoms with Crippen molar-refractivity contribution in [2.24, 2.45) is 0 Å². The van der Waals surface area contributed by atoms with Crippen LogP contribution < -0.4 is 14.8 Å². The summed E-state index contributed by atoms with van der Waals surface area (Å²) in [5.41, 5.74) is 1.16. The van der Waals surface area contributed by atoms with Gasteiger partial charge in [-0.3, -0.25) is 0 Å². The molecule has 2 rings (SSSR count). The van der Waals surface area contributed by atoms with E-state index in [4.69, 9.17) is 9.47 Å². The quantitative estimate of drug-likeness (QED) is 0.868. The molecule has 106 valence electrons. The zero-order valence-corrected chi connectivity index (χ0v) is 12.8. The Morgan fingerprint density at radius 3 is 2.79 bits per heavy atom. The van der Waals surface area contributed by atoms with Gasteiger partial charge in [-0.15, -0.1) is 0 Å². The molecule has 0 heterocycles. The summed E-state index contributed by atoms with van der Waals surface area (Å²) in [7, 11) is 3.41. The molecule has 1 N–H and O–H groups in total. The van der Waals surface area contributed by atoms with Crippen molar-refractivity contribution < 1.29 is 9.47 Å². The number of methoxy groups -OCH3 is 2. The SMILES string of the molecule is COc1ccc(OC)c(CNC2CCCC2SC)c1. The van der Waals surface area contributed by atoms with Crippen LogP contribution in [0.5, 0.6) is 11.5 Å². The van der Waals surface area contributed by atoms with Gasteiger partial charge in [0.05, 0.1) is 14.2 Å². The van der Waals surface area contributed by atoms with Gasteiger partial charge in [-0.25, -0.2) is 0 Å². The molecular weight excluding hydrogens is 258 g/mol. The minimum atomic E-state index is 0.617. The Balaban J connectivity index is 2.01. The summed E-state index contributed by atoms with van der Waals surface area (Å²) in [4.78, 5) is 0. The van der Waals surface area contributed by atoms with Crippen LogP contribution in [-0.4, -0.2) is 31.8 Å². The van der Waals surface area contributed by atoms with E-state index in [1.165, 1.54) is 19.3 Å². The average molecular weight is 281 g/mol. The van der Waals surface area contributed by atoms with E-state index in [2.05, 4.69) is 17.6 Å². The first-order valence-corrected chi connectivity index (χ1v) is 8.04. The summed E-state index contributed by atoms with van der Waals surface area (Å²) in [6, 6.07) is 6.57. The molecule has 1 fully saturated rings. The Morgan fingerprint density at radius 1 is 1.26 bits per heavy atom. The van der Waals surface area contributed by atoms with Crippen molar-refractivity contribution in [3.05, 3.63) is 23.8 Å². The molecule has 0 spiro atoms. The highest BCUT2D eigenvalue weighted by molar-refractivity contribution is 7.99. The third-order valence-corrected chi connectivity index (χ3v) is 4.97. The number of nitrogens with one attached hydrogen (secondary N) is 1. The highest BCUT2D eigenvalue weighted by Crippen LogP contribution is 2.29. The average Bonchev–Trinajstić information content (AvgIpc) is 2.92. The minimum absolute atomic E-state index is 0.617. The molecule has 0 amide bonds. The zero-order valence-electron chi connectivity index (χ0n) is 11.9. The zero-order chi connectivity index (χ0) is 13.7. The normalized spacial score (nSPS) is 22.5. The lowest BCUT2D eigenvalue weighted by atomic mass is 10.1. The number of thioether (sulfide) groups is 1. The standard InChI is InChI=1S/C15H23NO2S/c1-17-12-7-8-14(18-2)11(9-12)10-16-13-5-4-6-15(13)19-3/h7-9,13,15-16H,4-6,10H2,1-3H3. The molecule has 0 aliphatic heterocycles. The molecule has 0 radical (unpaired) electrons. The molecule has 1 aliphatic carbocycles. The van der Waals surface area contributed by atoms with Crippen LogP contribution in [0.1, 0.15) is 24.8 Å². The molecule has 2 atom stereocenters. The Hall–Kier alpha value is -0.870. The molecular formula is C15H23NO2S. The fraction of sp³-hybridized carbons (Fsp3) is 0.600. The Morgan fingerprint density at radius 2 is 2.11 bits per heavy atom. The summed E-state index contributed by atoms with van der Waals surface area (Å²) in [5, 5.41) is 4.42. The molecule has 0 aromatic heterocycles. The van der Waals surface area contributed by atoms with E-state index in [-0.39, 0.29) is 0 Å². The lowest BCUT2D eigenvalue weighted by molar-refractivity contribution is 0.395. The second-order valence-corrected chi connectivity index (χ2v) is 5.95. The maximum Gasteiger partial charge on any atom is 0.123 e. The van der Waals surface area contributed by atoms with Crippen molar-refractivity contribution in [2.75, 3.05) is 20.5 Å². The fourth-order valence-corrected chi connectivity index (χ4v) is 3.67. The number of ether oxygens (including phenoxy) is 2. The Bertz CT molecular complexity index is 411. The summed E-state index contributed by atoms with van der Waals surface area (Å²) >= 11 is 1.97. The van der Waals surface area contributed by atoms with Crippen LogP contribution in [0.15, 0.2) is 18.2 Å². The number of rotatable bonds is 6. The van der Waals surface area contributed by atoms with Gasteiger partial charge in [0.25, 0.3) is 0 Å². The fourth-order valence-electron chi connectivity index (χ4n) is 2.70. The lowest BCUT2D eigenvalue weighted by Crippen LogP contribution is -2.33. The highest BCUT2D eigenvalue weighted by atomic mass is 32.2. The van der Waals surface area contributed by atoms with E-state index in [1.54, 1.807) is 14.2 Å². The first-order valence-electron chi connectivity index (χ1n) is 6.75. The van der Waals surface area contributed by atoms with Crippen LogP contribution in [0.4, 0.5) is 0 Å². The second-order valence-electron chi connectivity index (χ2n) is 4.87. The third kappa shape index (κ3) is 3.57. The predicted molar refractivity (Wildman–Crippen MR) is 81.3 cm³/mol. The Labute approximate surface area is 120 Å². The lowest BCUT2D eigenvalue weighted by Gasteiger charge is -2.20. The van der Waals surface area contributed by atoms with Gasteiger partial charge in [0.2, 0.25) is 0 Å². The predicted octanol–water partition coefficient (Wildman–Crippen LogP) is 3.08. The number of benzene rings is 1. The van der Waals surface area contributed by atoms with Crippen molar-refractivity contribution in [1.29, 1.82) is 0 Å². The topological polar surface area (TPSA) is 30.5 Å². The molecule has 0 bridgehead atoms. The van der Waals surface area contributed by atoms with E-state index >= 15 is 0 Å². The van der Waals surface area contributed by atoms with Gasteiger partial charge in [0.1, 0.15) is 11.5 Å². The van der Waals surface area contributed by atoms with E-state index < -0.39 is 0 Å². The Kier molecular flexibility index (Phi) is 5.40. The van der Waals surface area contributed by atoms with Gasteiger partial charge in [-0.1, -0.05) is 6.42 Å². The van der Waals surface area contributed by atoms with Crippen molar-refractivity contribution >= 4 is 11.8 Å². The summed E-state index contributed by atoms with van der Waals surface area (Å²) < 4.78 is 10.7. The highest BCUT2D eigenvalue weighted by Gasteiger charge is 2.25. The second kappa shape index (κ2) is 7.06. The molecule has 3 nitrogen and oxygen atoms in total. The van der Waals surface area contributed by atoms with Crippen LogP contribution in [0.25, 0.3) is 0 Å². The minimum Gasteiger partial charge on any atom is -0.497 e. The van der Waals surface area contributed by atoms with Gasteiger partial charge in [-0.2, -0.15) is 11.8 Å². The third-order valence-electron chi connectivity index (χ3n) is 3.80. The van der Waals surface area contributed by atoms with Crippen molar-refractivity contribution in [3.8, 4) is 11.5 Å². The molecule has 1 aromatic rings. The summed E-state index contributed by atoms with van der Waals surface area (Å²) in [5.74, 6) is 1.80. The maximum atomic E-state index is 5.41. The van der Waals surface area contributed by atoms with Gasteiger partial charge in [-0.05, 0) is 37.3 Å². The van der Waals surface area contributed by atoms with Crippen LogP contribution >= 0.6 is 11.8 Å². The van der Waals surface area contributed by atoms with E-state index in [1.807, 2.05) is 23.9 Å². The summed E-state index contributed by atoms with van der Waals surface area (Å²) in [6.45, 7) is 0.835. The van der Waals surface area contributed by atoms with Crippen LogP contribution in [0.3, 0.4) is 0 Å². The van der Waals surface area contributed by atoms with Crippen molar-refractivity contribution in [2.45, 2.75) is 37.1 Å². The number of hydrogen-bond donors (Lipinski definition) is 1. The summed E-state index contributed by atoms with van der Waals surface area (Å²) in [6.07, 6.45) is 6.14. The molecule has 1 saturated carbocycles. The van der Waals surface area contributed by atoms with Gasteiger partial charge < -0.3 is 14.8 Å².